The van der Waals surface area contributed by atoms with Crippen molar-refractivity contribution in [3.63, 3.8) is 0 Å². The van der Waals surface area contributed by atoms with E-state index in [1.807, 2.05) is 13.0 Å². The van der Waals surface area contributed by atoms with Gasteiger partial charge in [0.1, 0.15) is 4.83 Å². The molecule has 0 bridgehead atoms. The maximum absolute atomic E-state index is 12.9. The number of rotatable bonds is 5. The molecule has 0 saturated carbocycles. The number of nitrogens with zero attached hydrogens (tertiary/aromatic N) is 2. The van der Waals surface area contributed by atoms with E-state index in [0.717, 1.165) is 15.0 Å². The molecule has 136 valence electrons. The van der Waals surface area contributed by atoms with Crippen LogP contribution in [0, 0.1) is 6.92 Å². The summed E-state index contributed by atoms with van der Waals surface area (Å²) in [6.45, 7) is 3.28. The number of aryl methyl sites for hydroxylation is 1. The number of aliphatic carboxylic acids is 1. The van der Waals surface area contributed by atoms with Crippen LogP contribution in [-0.4, -0.2) is 29.7 Å². The van der Waals surface area contributed by atoms with E-state index in [2.05, 4.69) is 4.98 Å². The van der Waals surface area contributed by atoms with Gasteiger partial charge in [-0.3, -0.25) is 9.36 Å². The van der Waals surface area contributed by atoms with Gasteiger partial charge in [0.2, 0.25) is 0 Å². The molecule has 0 amide bonds. The van der Waals surface area contributed by atoms with Gasteiger partial charge in [0, 0.05) is 10.4 Å². The summed E-state index contributed by atoms with van der Waals surface area (Å²) < 4.78 is 11.7. The van der Waals surface area contributed by atoms with E-state index in [-0.39, 0.29) is 0 Å². The number of carbonyl (C=O) groups excluding carboxylic acids is 1. The average molecular weight is 373 g/mol. The summed E-state index contributed by atoms with van der Waals surface area (Å²) in [5.41, 5.74) is 1.06. The van der Waals surface area contributed by atoms with Gasteiger partial charge in [0.05, 0.1) is 37.9 Å². The molecule has 0 spiro atoms. The Hall–Kier alpha value is -2.87. The topological polar surface area (TPSA) is 93.5 Å². The molecule has 0 saturated heterocycles. The molecule has 0 N–H and O–H groups in total. The van der Waals surface area contributed by atoms with E-state index >= 15 is 0 Å². The summed E-state index contributed by atoms with van der Waals surface area (Å²) >= 11 is 1.38. The monoisotopic (exact) mass is 373 g/mol. The van der Waals surface area contributed by atoms with Gasteiger partial charge in [-0.1, -0.05) is 6.07 Å². The molecule has 1 aromatic carbocycles. The Morgan fingerprint density at radius 1 is 1.27 bits per heavy atom. The molecule has 0 radical (unpaired) electrons. The first-order valence-electron chi connectivity index (χ1n) is 7.82. The van der Waals surface area contributed by atoms with Crippen LogP contribution in [0.25, 0.3) is 21.3 Å². The Kier molecular flexibility index (Phi) is 4.69. The summed E-state index contributed by atoms with van der Waals surface area (Å²) in [4.78, 5) is 29.8. The number of fused-ring (bicyclic) bond motifs is 1. The molecule has 3 rings (SSSR count). The minimum absolute atomic E-state index is 0.385. The first-order valence-corrected chi connectivity index (χ1v) is 8.64. The standard InChI is InChI=1S/C18H18N2O5S/c1-9(18(22)23)20-8-19-16-15(17(20)21)14(10(2)26-16)11-5-6-12(24-3)13(7-11)25-4/h5-9H,1-4H3,(H,22,23)/p-1/t9-/m0/s1. The number of methoxy groups -OCH3 is 2. The van der Waals surface area contributed by atoms with E-state index in [1.54, 1.807) is 19.2 Å². The summed E-state index contributed by atoms with van der Waals surface area (Å²) in [6.07, 6.45) is 1.25. The number of benzene rings is 1. The smallest absolute Gasteiger partial charge is 0.263 e. The highest BCUT2D eigenvalue weighted by Crippen LogP contribution is 2.39. The van der Waals surface area contributed by atoms with E-state index in [9.17, 15) is 14.7 Å². The number of aromatic nitrogens is 2. The lowest BCUT2D eigenvalue weighted by molar-refractivity contribution is -0.309. The van der Waals surface area contributed by atoms with Crippen LogP contribution in [0.15, 0.2) is 29.3 Å². The number of ether oxygens (including phenoxy) is 2. The van der Waals surface area contributed by atoms with Gasteiger partial charge in [-0.2, -0.15) is 0 Å². The molecule has 26 heavy (non-hydrogen) atoms. The fourth-order valence-corrected chi connectivity index (χ4v) is 3.85. The van der Waals surface area contributed by atoms with Crippen molar-refractivity contribution in [3.8, 4) is 22.6 Å². The van der Waals surface area contributed by atoms with Gasteiger partial charge in [-0.15, -0.1) is 11.3 Å². The molecule has 0 unspecified atom stereocenters. The summed E-state index contributed by atoms with van der Waals surface area (Å²) in [6, 6.07) is 4.26. The number of hydrogen-bond donors (Lipinski definition) is 0. The van der Waals surface area contributed by atoms with Crippen LogP contribution in [0.3, 0.4) is 0 Å². The maximum Gasteiger partial charge on any atom is 0.263 e. The van der Waals surface area contributed by atoms with Crippen molar-refractivity contribution in [1.29, 1.82) is 0 Å². The lowest BCUT2D eigenvalue weighted by Crippen LogP contribution is -2.36. The van der Waals surface area contributed by atoms with E-state index in [0.29, 0.717) is 27.3 Å². The minimum Gasteiger partial charge on any atom is -0.548 e. The fourth-order valence-electron chi connectivity index (χ4n) is 2.84. The van der Waals surface area contributed by atoms with Gasteiger partial charge in [-0.05, 0) is 31.5 Å². The lowest BCUT2D eigenvalue weighted by Gasteiger charge is -2.15. The molecular weight excluding hydrogens is 356 g/mol. The minimum atomic E-state index is -1.34. The van der Waals surface area contributed by atoms with E-state index in [1.165, 1.54) is 31.7 Å². The maximum atomic E-state index is 12.9. The Bertz CT molecular complexity index is 1050. The van der Waals surface area contributed by atoms with Crippen LogP contribution in [0.5, 0.6) is 11.5 Å². The lowest BCUT2D eigenvalue weighted by atomic mass is 10.0. The van der Waals surface area contributed by atoms with Crippen molar-refractivity contribution < 1.29 is 19.4 Å². The molecule has 3 aromatic rings. The second-order valence-corrected chi connectivity index (χ2v) is 6.94. The molecule has 0 aliphatic rings. The van der Waals surface area contributed by atoms with Crippen LogP contribution in [0.4, 0.5) is 0 Å². The zero-order valence-electron chi connectivity index (χ0n) is 14.7. The van der Waals surface area contributed by atoms with Gasteiger partial charge in [-0.25, -0.2) is 4.98 Å². The van der Waals surface area contributed by atoms with Crippen molar-refractivity contribution in [3.05, 3.63) is 39.8 Å². The average Bonchev–Trinajstić information content (AvgIpc) is 2.97. The number of carboxylic acid groups (broad SMARTS) is 1. The van der Waals surface area contributed by atoms with Crippen LogP contribution in [0.2, 0.25) is 0 Å². The van der Waals surface area contributed by atoms with Crippen LogP contribution in [0.1, 0.15) is 17.8 Å². The van der Waals surface area contributed by atoms with Gasteiger partial charge >= 0.3 is 0 Å². The second-order valence-electron chi connectivity index (χ2n) is 5.74. The summed E-state index contributed by atoms with van der Waals surface area (Å²) in [5, 5.41) is 11.6. The molecule has 2 heterocycles. The Morgan fingerprint density at radius 2 is 1.96 bits per heavy atom. The number of carboxylic acids is 1. The second kappa shape index (κ2) is 6.80. The highest BCUT2D eigenvalue weighted by atomic mass is 32.1. The third-order valence-electron chi connectivity index (χ3n) is 4.24. The highest BCUT2D eigenvalue weighted by molar-refractivity contribution is 7.19. The summed E-state index contributed by atoms with van der Waals surface area (Å²) in [7, 11) is 3.09. The SMILES string of the molecule is COc1ccc(-c2c(C)sc3ncn([C@@H](C)C(=O)[O-])c(=O)c23)cc1OC. The van der Waals surface area contributed by atoms with Crippen molar-refractivity contribution in [2.24, 2.45) is 0 Å². The zero-order valence-corrected chi connectivity index (χ0v) is 15.5. The number of thiophene rings is 1. The predicted octanol–water partition coefficient (Wildman–Crippen LogP) is 1.76. The number of hydrogen-bond acceptors (Lipinski definition) is 7. The van der Waals surface area contributed by atoms with Crippen molar-refractivity contribution in [1.82, 2.24) is 9.55 Å². The third kappa shape index (κ3) is 2.82. The normalized spacial score (nSPS) is 12.2. The zero-order chi connectivity index (χ0) is 19.0. The molecule has 0 fully saturated rings. The molecule has 0 aliphatic heterocycles. The first-order chi connectivity index (χ1) is 12.4. The Labute approximate surface area is 153 Å². The predicted molar refractivity (Wildman–Crippen MR) is 96.9 cm³/mol. The van der Waals surface area contributed by atoms with Crippen LogP contribution in [-0.2, 0) is 4.79 Å². The largest absolute Gasteiger partial charge is 0.548 e. The van der Waals surface area contributed by atoms with Gasteiger partial charge in [0.25, 0.3) is 5.56 Å². The molecule has 7 nitrogen and oxygen atoms in total. The van der Waals surface area contributed by atoms with E-state index < -0.39 is 17.6 Å². The Morgan fingerprint density at radius 3 is 2.58 bits per heavy atom. The molecule has 8 heteroatoms. The van der Waals surface area contributed by atoms with Crippen molar-refractivity contribution in [2.75, 3.05) is 14.2 Å². The molecule has 1 atom stereocenters. The van der Waals surface area contributed by atoms with Gasteiger partial charge < -0.3 is 19.4 Å². The van der Waals surface area contributed by atoms with E-state index in [4.69, 9.17) is 9.47 Å². The highest BCUT2D eigenvalue weighted by Gasteiger charge is 2.20. The number of carbonyl (C=O) groups is 1. The quantitative estimate of drug-likeness (QED) is 0.676. The Balaban J connectivity index is 2.30. The molecular formula is C18H17N2O5S-. The molecule has 2 aromatic heterocycles. The van der Waals surface area contributed by atoms with Crippen molar-refractivity contribution in [2.45, 2.75) is 19.9 Å². The van der Waals surface area contributed by atoms with Crippen molar-refractivity contribution >= 4 is 27.5 Å². The van der Waals surface area contributed by atoms with Gasteiger partial charge in [0.15, 0.2) is 11.5 Å². The first kappa shape index (κ1) is 17.9. The van der Waals surface area contributed by atoms with Crippen LogP contribution < -0.4 is 20.1 Å². The molecule has 0 aliphatic carbocycles. The fraction of sp³-hybridized carbons (Fsp3) is 0.278. The van der Waals surface area contributed by atoms with Crippen LogP contribution >= 0.6 is 11.3 Å². The summed E-state index contributed by atoms with van der Waals surface area (Å²) in [5.74, 6) is -0.224. The third-order valence-corrected chi connectivity index (χ3v) is 5.26.